The van der Waals surface area contributed by atoms with Crippen LogP contribution in [0.2, 0.25) is 0 Å². The first-order valence-electron chi connectivity index (χ1n) is 9.78. The lowest BCUT2D eigenvalue weighted by Crippen LogP contribution is -2.49. The Morgan fingerprint density at radius 3 is 2.69 bits per heavy atom. The van der Waals surface area contributed by atoms with Gasteiger partial charge in [-0.3, -0.25) is 9.59 Å². The summed E-state index contributed by atoms with van der Waals surface area (Å²) in [5, 5.41) is 2.12. The number of rotatable bonds is 6. The maximum absolute atomic E-state index is 13.1. The van der Waals surface area contributed by atoms with Gasteiger partial charge in [-0.25, -0.2) is 0 Å². The molecule has 3 rings (SSSR count). The minimum Gasteiger partial charge on any atom is -0.375 e. The van der Waals surface area contributed by atoms with Crippen LogP contribution in [0.5, 0.6) is 0 Å². The fraction of sp³-hybridized carbons (Fsp3) is 0.700. The lowest BCUT2D eigenvalue weighted by atomic mass is 9.91. The van der Waals surface area contributed by atoms with Crippen LogP contribution >= 0.6 is 11.3 Å². The molecule has 1 aromatic rings. The van der Waals surface area contributed by atoms with E-state index in [0.717, 1.165) is 45.1 Å². The van der Waals surface area contributed by atoms with Gasteiger partial charge < -0.3 is 14.5 Å². The van der Waals surface area contributed by atoms with Crippen molar-refractivity contribution in [2.75, 3.05) is 33.4 Å². The van der Waals surface area contributed by atoms with Crippen LogP contribution in [0.1, 0.15) is 43.4 Å². The van der Waals surface area contributed by atoms with Crippen LogP contribution in [0.15, 0.2) is 17.5 Å². The average molecular weight is 379 g/mol. The first-order valence-corrected chi connectivity index (χ1v) is 10.7. The molecule has 0 saturated carbocycles. The van der Waals surface area contributed by atoms with Gasteiger partial charge in [-0.05, 0) is 56.4 Å². The Morgan fingerprint density at radius 2 is 2.00 bits per heavy atom. The molecule has 26 heavy (non-hydrogen) atoms. The van der Waals surface area contributed by atoms with Crippen molar-refractivity contribution in [1.29, 1.82) is 0 Å². The van der Waals surface area contributed by atoms with Crippen molar-refractivity contribution >= 4 is 23.2 Å². The Kier molecular flexibility index (Phi) is 7.08. The summed E-state index contributed by atoms with van der Waals surface area (Å²) < 4.78 is 4.93. The molecule has 1 unspecified atom stereocenters. The van der Waals surface area contributed by atoms with Crippen LogP contribution in [0, 0.1) is 5.92 Å². The summed E-state index contributed by atoms with van der Waals surface area (Å²) in [5.41, 5.74) is 0. The second-order valence-corrected chi connectivity index (χ2v) is 8.42. The fourth-order valence-corrected chi connectivity index (χ4v) is 4.90. The van der Waals surface area contributed by atoms with E-state index in [1.54, 1.807) is 18.4 Å². The number of carbonyl (C=O) groups excluding carboxylic acids is 2. The number of likely N-dealkylation sites (tertiary alicyclic amines) is 2. The van der Waals surface area contributed by atoms with Crippen LogP contribution in [0.25, 0.3) is 0 Å². The van der Waals surface area contributed by atoms with Crippen molar-refractivity contribution in [3.05, 3.63) is 22.4 Å². The molecule has 0 N–H and O–H groups in total. The van der Waals surface area contributed by atoms with Gasteiger partial charge in [0.15, 0.2) is 0 Å². The third-order valence-corrected chi connectivity index (χ3v) is 6.62. The Labute approximate surface area is 160 Å². The molecule has 5 nitrogen and oxygen atoms in total. The lowest BCUT2D eigenvalue weighted by molar-refractivity contribution is -0.144. The van der Waals surface area contributed by atoms with Crippen molar-refractivity contribution in [1.82, 2.24) is 9.80 Å². The van der Waals surface area contributed by atoms with Gasteiger partial charge in [0.05, 0.1) is 0 Å². The van der Waals surface area contributed by atoms with E-state index in [1.165, 1.54) is 11.3 Å². The summed E-state index contributed by atoms with van der Waals surface area (Å²) in [7, 11) is 1.54. The van der Waals surface area contributed by atoms with Crippen molar-refractivity contribution in [3.63, 3.8) is 0 Å². The number of amides is 2. The molecule has 0 spiro atoms. The normalized spacial score (nSPS) is 21.8. The molecule has 144 valence electrons. The Bertz CT molecular complexity index is 582. The van der Waals surface area contributed by atoms with Gasteiger partial charge in [0.2, 0.25) is 11.8 Å². The van der Waals surface area contributed by atoms with Gasteiger partial charge in [-0.1, -0.05) is 6.07 Å². The van der Waals surface area contributed by atoms with E-state index in [4.69, 9.17) is 4.74 Å². The third-order valence-electron chi connectivity index (χ3n) is 5.68. The number of aryl methyl sites for hydroxylation is 1. The van der Waals surface area contributed by atoms with Crippen molar-refractivity contribution in [2.45, 2.75) is 51.0 Å². The largest absolute Gasteiger partial charge is 0.375 e. The number of methoxy groups -OCH3 is 1. The quantitative estimate of drug-likeness (QED) is 0.765. The molecule has 2 amide bonds. The molecule has 3 heterocycles. The van der Waals surface area contributed by atoms with Gasteiger partial charge in [0, 0.05) is 43.6 Å². The molecule has 2 aliphatic rings. The number of piperidine rings is 2. The van der Waals surface area contributed by atoms with Gasteiger partial charge in [0.25, 0.3) is 0 Å². The van der Waals surface area contributed by atoms with Crippen molar-refractivity contribution in [2.24, 2.45) is 5.92 Å². The van der Waals surface area contributed by atoms with E-state index in [2.05, 4.69) is 22.4 Å². The predicted molar refractivity (Wildman–Crippen MR) is 103 cm³/mol. The first kappa shape index (κ1) is 19.4. The second kappa shape index (κ2) is 9.51. The summed E-state index contributed by atoms with van der Waals surface area (Å²) in [6, 6.07) is 4.67. The molecule has 2 saturated heterocycles. The van der Waals surface area contributed by atoms with E-state index >= 15 is 0 Å². The summed E-state index contributed by atoms with van der Waals surface area (Å²) in [5.74, 6) is 0.425. The molecule has 6 heteroatoms. The molecule has 0 radical (unpaired) electrons. The van der Waals surface area contributed by atoms with Gasteiger partial charge in [0.1, 0.15) is 6.61 Å². The Hall–Kier alpha value is -1.40. The first-order chi connectivity index (χ1) is 12.7. The number of hydrogen-bond acceptors (Lipinski definition) is 4. The highest BCUT2D eigenvalue weighted by atomic mass is 32.1. The zero-order valence-electron chi connectivity index (χ0n) is 15.7. The topological polar surface area (TPSA) is 49.9 Å². The SMILES string of the molecule is COCC(=O)N1CCC(C(=O)N2CCCCC2CCc2cccs2)CC1. The molecule has 1 aromatic heterocycles. The molecule has 0 bridgehead atoms. The highest BCUT2D eigenvalue weighted by Gasteiger charge is 2.34. The summed E-state index contributed by atoms with van der Waals surface area (Å²) >= 11 is 1.80. The molecule has 2 aliphatic heterocycles. The Balaban J connectivity index is 1.52. The van der Waals surface area contributed by atoms with Gasteiger partial charge in [-0.15, -0.1) is 11.3 Å². The number of carbonyl (C=O) groups is 2. The van der Waals surface area contributed by atoms with E-state index < -0.39 is 0 Å². The van der Waals surface area contributed by atoms with E-state index in [0.29, 0.717) is 25.0 Å². The highest BCUT2D eigenvalue weighted by Crippen LogP contribution is 2.27. The van der Waals surface area contributed by atoms with Crippen molar-refractivity contribution in [3.8, 4) is 0 Å². The minimum absolute atomic E-state index is 0.0326. The molecule has 2 fully saturated rings. The number of hydrogen-bond donors (Lipinski definition) is 0. The highest BCUT2D eigenvalue weighted by molar-refractivity contribution is 7.09. The number of ether oxygens (including phenoxy) is 1. The smallest absolute Gasteiger partial charge is 0.248 e. The summed E-state index contributed by atoms with van der Waals surface area (Å²) in [4.78, 5) is 30.5. The third kappa shape index (κ3) is 4.86. The zero-order valence-corrected chi connectivity index (χ0v) is 16.5. The molecule has 0 aliphatic carbocycles. The maximum atomic E-state index is 13.1. The minimum atomic E-state index is 0.0326. The van der Waals surface area contributed by atoms with Crippen LogP contribution in [-0.2, 0) is 20.7 Å². The Morgan fingerprint density at radius 1 is 1.19 bits per heavy atom. The number of thiophene rings is 1. The lowest BCUT2D eigenvalue weighted by Gasteiger charge is -2.40. The zero-order chi connectivity index (χ0) is 18.4. The van der Waals surface area contributed by atoms with Gasteiger partial charge in [-0.2, -0.15) is 0 Å². The van der Waals surface area contributed by atoms with E-state index in [-0.39, 0.29) is 18.4 Å². The monoisotopic (exact) mass is 378 g/mol. The molecule has 1 atom stereocenters. The maximum Gasteiger partial charge on any atom is 0.248 e. The molecular weight excluding hydrogens is 348 g/mol. The van der Waals surface area contributed by atoms with Gasteiger partial charge >= 0.3 is 0 Å². The average Bonchev–Trinajstić information content (AvgIpc) is 3.20. The van der Waals surface area contributed by atoms with Crippen molar-refractivity contribution < 1.29 is 14.3 Å². The second-order valence-electron chi connectivity index (χ2n) is 7.39. The number of nitrogens with zero attached hydrogens (tertiary/aromatic N) is 2. The molecular formula is C20H30N2O3S. The van der Waals surface area contributed by atoms with E-state index in [1.807, 2.05) is 4.90 Å². The predicted octanol–water partition coefficient (Wildman–Crippen LogP) is 2.95. The van der Waals surface area contributed by atoms with E-state index in [9.17, 15) is 9.59 Å². The van der Waals surface area contributed by atoms with Crippen LogP contribution in [0.3, 0.4) is 0 Å². The standard InChI is InChI=1S/C20H30N2O3S/c1-25-15-19(23)21-12-9-16(10-13-21)20(24)22-11-3-2-5-17(22)7-8-18-6-4-14-26-18/h4,6,14,16-17H,2-3,5,7-13,15H2,1H3. The van der Waals surface area contributed by atoms with Crippen LogP contribution < -0.4 is 0 Å². The summed E-state index contributed by atoms with van der Waals surface area (Å²) in [6.45, 7) is 2.38. The summed E-state index contributed by atoms with van der Waals surface area (Å²) in [6.07, 6.45) is 7.16. The van der Waals surface area contributed by atoms with Crippen LogP contribution in [0.4, 0.5) is 0 Å². The fourth-order valence-electron chi connectivity index (χ4n) is 4.18. The molecule has 0 aromatic carbocycles. The van der Waals surface area contributed by atoms with Crippen LogP contribution in [-0.4, -0.2) is 61.0 Å².